The molecule has 92 valence electrons. The minimum atomic E-state index is -0.353. The number of hydrogen-bond acceptors (Lipinski definition) is 2. The Balaban J connectivity index is 2.05. The highest BCUT2D eigenvalue weighted by Gasteiger charge is 2.18. The van der Waals surface area contributed by atoms with E-state index in [-0.39, 0.29) is 17.6 Å². The SMILES string of the molecule is O=C1C=CCCN1C(=O)C=Cc1ccc(F)cc1. The Labute approximate surface area is 104 Å². The van der Waals surface area contributed by atoms with E-state index in [4.69, 9.17) is 0 Å². The Kier molecular flexibility index (Phi) is 3.67. The van der Waals surface area contributed by atoms with Crippen LogP contribution in [0.15, 0.2) is 42.5 Å². The van der Waals surface area contributed by atoms with E-state index in [2.05, 4.69) is 0 Å². The van der Waals surface area contributed by atoms with Gasteiger partial charge < -0.3 is 0 Å². The van der Waals surface area contributed by atoms with Crippen molar-refractivity contribution in [2.24, 2.45) is 0 Å². The third-order valence-corrected chi connectivity index (χ3v) is 2.60. The number of benzene rings is 1. The Morgan fingerprint density at radius 2 is 2.00 bits per heavy atom. The van der Waals surface area contributed by atoms with Crippen LogP contribution in [0.2, 0.25) is 0 Å². The predicted molar refractivity (Wildman–Crippen MR) is 65.9 cm³/mol. The fourth-order valence-electron chi connectivity index (χ4n) is 1.64. The zero-order valence-electron chi connectivity index (χ0n) is 9.67. The van der Waals surface area contributed by atoms with Crippen LogP contribution in [0, 0.1) is 5.82 Å². The lowest BCUT2D eigenvalue weighted by atomic mass is 10.2. The Morgan fingerprint density at radius 3 is 2.67 bits per heavy atom. The molecule has 1 aliphatic heterocycles. The fourth-order valence-corrected chi connectivity index (χ4v) is 1.64. The van der Waals surface area contributed by atoms with Gasteiger partial charge in [0.25, 0.3) is 11.8 Å². The molecule has 1 aliphatic rings. The van der Waals surface area contributed by atoms with E-state index in [0.717, 1.165) is 0 Å². The highest BCUT2D eigenvalue weighted by molar-refractivity contribution is 6.06. The number of carbonyl (C=O) groups excluding carboxylic acids is 2. The molecule has 0 N–H and O–H groups in total. The summed E-state index contributed by atoms with van der Waals surface area (Å²) in [5, 5.41) is 0. The van der Waals surface area contributed by atoms with Gasteiger partial charge in [0.05, 0.1) is 0 Å². The molecule has 0 spiro atoms. The maximum atomic E-state index is 12.7. The van der Waals surface area contributed by atoms with Crippen molar-refractivity contribution in [3.05, 3.63) is 53.9 Å². The molecule has 0 bridgehead atoms. The number of amides is 2. The van der Waals surface area contributed by atoms with Crippen LogP contribution in [0.4, 0.5) is 4.39 Å². The highest BCUT2D eigenvalue weighted by atomic mass is 19.1. The molecule has 0 radical (unpaired) electrons. The summed E-state index contributed by atoms with van der Waals surface area (Å²) in [4.78, 5) is 24.4. The summed E-state index contributed by atoms with van der Waals surface area (Å²) in [6, 6.07) is 5.77. The zero-order valence-corrected chi connectivity index (χ0v) is 9.67. The molecule has 0 atom stereocenters. The molecule has 0 aromatic heterocycles. The van der Waals surface area contributed by atoms with E-state index >= 15 is 0 Å². The van der Waals surface area contributed by atoms with Crippen LogP contribution in [-0.2, 0) is 9.59 Å². The first-order valence-corrected chi connectivity index (χ1v) is 5.62. The summed E-state index contributed by atoms with van der Waals surface area (Å²) in [5.41, 5.74) is 0.713. The van der Waals surface area contributed by atoms with Gasteiger partial charge in [0, 0.05) is 12.6 Å². The summed E-state index contributed by atoms with van der Waals surface area (Å²) in [6.45, 7) is 0.405. The van der Waals surface area contributed by atoms with Gasteiger partial charge in [0.15, 0.2) is 0 Å². The minimum absolute atomic E-state index is 0.296. The fraction of sp³-hybridized carbons (Fsp3) is 0.143. The molecule has 0 saturated carbocycles. The zero-order chi connectivity index (χ0) is 13.0. The van der Waals surface area contributed by atoms with E-state index in [1.807, 2.05) is 0 Å². The molecule has 2 amide bonds. The van der Waals surface area contributed by atoms with Crippen LogP contribution in [0.5, 0.6) is 0 Å². The van der Waals surface area contributed by atoms with Crippen LogP contribution < -0.4 is 0 Å². The lowest BCUT2D eigenvalue weighted by Crippen LogP contribution is -2.37. The van der Waals surface area contributed by atoms with Crippen LogP contribution in [0.1, 0.15) is 12.0 Å². The molecule has 3 nitrogen and oxygen atoms in total. The van der Waals surface area contributed by atoms with Gasteiger partial charge in [-0.1, -0.05) is 18.2 Å². The van der Waals surface area contributed by atoms with Crippen LogP contribution >= 0.6 is 0 Å². The summed E-state index contributed by atoms with van der Waals surface area (Å²) in [6.07, 6.45) is 6.71. The molecule has 0 unspecified atom stereocenters. The van der Waals surface area contributed by atoms with Crippen molar-refractivity contribution in [1.82, 2.24) is 4.90 Å². The van der Waals surface area contributed by atoms with Gasteiger partial charge in [-0.05, 0) is 36.3 Å². The first kappa shape index (κ1) is 12.2. The topological polar surface area (TPSA) is 37.4 Å². The quantitative estimate of drug-likeness (QED) is 0.749. The van der Waals surface area contributed by atoms with E-state index in [1.54, 1.807) is 24.3 Å². The second kappa shape index (κ2) is 5.40. The molecule has 1 heterocycles. The third kappa shape index (κ3) is 2.91. The maximum absolute atomic E-state index is 12.7. The summed E-state index contributed by atoms with van der Waals surface area (Å²) in [7, 11) is 0. The predicted octanol–water partition coefficient (Wildman–Crippen LogP) is 2.15. The largest absolute Gasteiger partial charge is 0.275 e. The lowest BCUT2D eigenvalue weighted by molar-refractivity contribution is -0.139. The second-order valence-corrected chi connectivity index (χ2v) is 3.90. The van der Waals surface area contributed by atoms with Gasteiger partial charge in [0.2, 0.25) is 0 Å². The van der Waals surface area contributed by atoms with Gasteiger partial charge >= 0.3 is 0 Å². The minimum Gasteiger partial charge on any atom is -0.275 e. The Hall–Kier alpha value is -2.23. The van der Waals surface area contributed by atoms with Crippen LogP contribution in [-0.4, -0.2) is 23.3 Å². The molecule has 1 aromatic carbocycles. The lowest BCUT2D eigenvalue weighted by Gasteiger charge is -2.19. The monoisotopic (exact) mass is 245 g/mol. The number of hydrogen-bond donors (Lipinski definition) is 0. The average molecular weight is 245 g/mol. The molecular weight excluding hydrogens is 233 g/mol. The van der Waals surface area contributed by atoms with Gasteiger partial charge in [-0.2, -0.15) is 0 Å². The van der Waals surface area contributed by atoms with E-state index in [9.17, 15) is 14.0 Å². The number of carbonyl (C=O) groups is 2. The average Bonchev–Trinajstić information content (AvgIpc) is 2.38. The smallest absolute Gasteiger partial charge is 0.253 e. The van der Waals surface area contributed by atoms with E-state index < -0.39 is 0 Å². The van der Waals surface area contributed by atoms with Crippen molar-refractivity contribution < 1.29 is 14.0 Å². The molecule has 0 saturated heterocycles. The van der Waals surface area contributed by atoms with Crippen molar-refractivity contribution in [3.63, 3.8) is 0 Å². The molecule has 2 rings (SSSR count). The first-order chi connectivity index (χ1) is 8.66. The normalized spacial score (nSPS) is 15.4. The van der Waals surface area contributed by atoms with Gasteiger partial charge in [-0.15, -0.1) is 0 Å². The van der Waals surface area contributed by atoms with Crippen molar-refractivity contribution in [2.45, 2.75) is 6.42 Å². The Morgan fingerprint density at radius 1 is 1.28 bits per heavy atom. The van der Waals surface area contributed by atoms with Crippen molar-refractivity contribution in [2.75, 3.05) is 6.54 Å². The van der Waals surface area contributed by atoms with Gasteiger partial charge in [0.1, 0.15) is 5.82 Å². The summed E-state index contributed by atoms with van der Waals surface area (Å²) in [5.74, 6) is -0.974. The number of rotatable bonds is 2. The Bertz CT molecular complexity index is 517. The standard InChI is InChI=1S/C14H12FNO2/c15-12-7-4-11(5-8-12)6-9-14(18)16-10-2-1-3-13(16)17/h1,3-9H,2,10H2. The highest BCUT2D eigenvalue weighted by Crippen LogP contribution is 2.07. The van der Waals surface area contributed by atoms with E-state index in [0.29, 0.717) is 18.5 Å². The maximum Gasteiger partial charge on any atom is 0.253 e. The molecule has 0 fully saturated rings. The van der Waals surface area contributed by atoms with Crippen molar-refractivity contribution in [1.29, 1.82) is 0 Å². The molecule has 0 aliphatic carbocycles. The van der Waals surface area contributed by atoms with Crippen LogP contribution in [0.25, 0.3) is 6.08 Å². The molecule has 4 heteroatoms. The third-order valence-electron chi connectivity index (χ3n) is 2.60. The van der Waals surface area contributed by atoms with Crippen LogP contribution in [0.3, 0.4) is 0 Å². The molecule has 1 aromatic rings. The summed E-state index contributed by atoms with van der Waals surface area (Å²) < 4.78 is 12.7. The van der Waals surface area contributed by atoms with Crippen molar-refractivity contribution >= 4 is 17.9 Å². The number of imide groups is 1. The number of nitrogens with zero attached hydrogens (tertiary/aromatic N) is 1. The number of halogens is 1. The molecular formula is C14H12FNO2. The first-order valence-electron chi connectivity index (χ1n) is 5.62. The summed E-state index contributed by atoms with van der Waals surface area (Å²) >= 11 is 0. The van der Waals surface area contributed by atoms with E-state index in [1.165, 1.54) is 29.2 Å². The van der Waals surface area contributed by atoms with Crippen molar-refractivity contribution in [3.8, 4) is 0 Å². The van der Waals surface area contributed by atoms with Gasteiger partial charge in [-0.25, -0.2) is 4.39 Å². The second-order valence-electron chi connectivity index (χ2n) is 3.90. The molecule has 18 heavy (non-hydrogen) atoms. The van der Waals surface area contributed by atoms with Gasteiger partial charge in [-0.3, -0.25) is 14.5 Å².